The average molecular weight is 277 g/mol. The molecule has 0 aliphatic carbocycles. The third kappa shape index (κ3) is 3.01. The van der Waals surface area contributed by atoms with E-state index in [0.717, 1.165) is 32.6 Å². The molecule has 110 valence electrons. The van der Waals surface area contributed by atoms with Gasteiger partial charge < -0.3 is 16.4 Å². The van der Waals surface area contributed by atoms with E-state index in [1.165, 1.54) is 0 Å². The number of piperazine rings is 1. The Balaban J connectivity index is 2.10. The van der Waals surface area contributed by atoms with Crippen LogP contribution in [0.3, 0.4) is 0 Å². The fourth-order valence-corrected chi connectivity index (χ4v) is 2.48. The van der Waals surface area contributed by atoms with Gasteiger partial charge in [-0.2, -0.15) is 0 Å². The smallest absolute Gasteiger partial charge is 0.267 e. The van der Waals surface area contributed by atoms with E-state index in [-0.39, 0.29) is 5.69 Å². The van der Waals surface area contributed by atoms with Crippen molar-refractivity contribution < 1.29 is 4.79 Å². The monoisotopic (exact) mass is 277 g/mol. The van der Waals surface area contributed by atoms with Gasteiger partial charge in [-0.3, -0.25) is 9.69 Å². The van der Waals surface area contributed by atoms with Gasteiger partial charge in [0.25, 0.3) is 5.91 Å². The molecule has 0 radical (unpaired) electrons. The molecule has 1 aliphatic heterocycles. The van der Waals surface area contributed by atoms with Crippen molar-refractivity contribution in [2.45, 2.75) is 26.3 Å². The quantitative estimate of drug-likeness (QED) is 0.845. The number of hydrogen-bond acceptors (Lipinski definition) is 5. The van der Waals surface area contributed by atoms with Gasteiger partial charge in [-0.15, -0.1) is 0 Å². The van der Waals surface area contributed by atoms with Crippen molar-refractivity contribution >= 4 is 17.4 Å². The maximum absolute atomic E-state index is 11.2. The lowest BCUT2D eigenvalue weighted by Crippen LogP contribution is -2.50. The molecule has 1 fully saturated rings. The summed E-state index contributed by atoms with van der Waals surface area (Å²) in [5, 5.41) is 0. The number of carbonyl (C=O) groups excluding carboxylic acids is 1. The number of nitrogen functional groups attached to an aromatic ring is 1. The molecule has 2 heterocycles. The van der Waals surface area contributed by atoms with Crippen molar-refractivity contribution in [3.05, 3.63) is 17.8 Å². The molecule has 0 spiro atoms. The number of carbonyl (C=O) groups is 1. The van der Waals surface area contributed by atoms with Crippen LogP contribution in [-0.4, -0.2) is 48.0 Å². The highest BCUT2D eigenvalue weighted by Gasteiger charge is 2.22. The standard InChI is InChI=1S/C14H23N5O/c1-3-10(2)18-6-8-19(9-7-18)14-11(15)4-5-12(17-14)13(16)20/h4-5,10H,3,6-9,15H2,1-2H3,(H2,16,20). The van der Waals surface area contributed by atoms with Crippen LogP contribution in [0.15, 0.2) is 12.1 Å². The third-order valence-corrected chi connectivity index (χ3v) is 3.99. The maximum Gasteiger partial charge on any atom is 0.267 e. The lowest BCUT2D eigenvalue weighted by atomic mass is 10.2. The molecule has 0 bridgehead atoms. The summed E-state index contributed by atoms with van der Waals surface area (Å²) in [6, 6.07) is 3.86. The van der Waals surface area contributed by atoms with E-state index in [1.807, 2.05) is 0 Å². The molecule has 1 aromatic heterocycles. The van der Waals surface area contributed by atoms with E-state index < -0.39 is 5.91 Å². The molecule has 1 aromatic rings. The number of aromatic nitrogens is 1. The summed E-state index contributed by atoms with van der Waals surface area (Å²) in [6.07, 6.45) is 1.15. The van der Waals surface area contributed by atoms with E-state index in [1.54, 1.807) is 12.1 Å². The van der Waals surface area contributed by atoms with E-state index in [0.29, 0.717) is 17.5 Å². The Morgan fingerprint density at radius 3 is 2.55 bits per heavy atom. The third-order valence-electron chi connectivity index (χ3n) is 3.99. The first-order valence-corrected chi connectivity index (χ1v) is 7.08. The Kier molecular flexibility index (Phi) is 4.44. The van der Waals surface area contributed by atoms with Crippen LogP contribution in [0.1, 0.15) is 30.8 Å². The van der Waals surface area contributed by atoms with Gasteiger partial charge in [-0.05, 0) is 25.5 Å². The molecule has 1 unspecified atom stereocenters. The molecular formula is C14H23N5O. The normalized spacial score (nSPS) is 18.0. The second kappa shape index (κ2) is 6.09. The summed E-state index contributed by atoms with van der Waals surface area (Å²) in [4.78, 5) is 20.1. The van der Waals surface area contributed by atoms with Crippen molar-refractivity contribution in [3.63, 3.8) is 0 Å². The topological polar surface area (TPSA) is 88.5 Å². The molecule has 1 atom stereocenters. The zero-order valence-electron chi connectivity index (χ0n) is 12.2. The molecule has 20 heavy (non-hydrogen) atoms. The summed E-state index contributed by atoms with van der Waals surface area (Å²) < 4.78 is 0. The number of nitrogens with zero attached hydrogens (tertiary/aromatic N) is 3. The first-order valence-electron chi connectivity index (χ1n) is 7.08. The Hall–Kier alpha value is -1.82. The van der Waals surface area contributed by atoms with Crippen molar-refractivity contribution in [3.8, 4) is 0 Å². The molecule has 4 N–H and O–H groups in total. The van der Waals surface area contributed by atoms with Crippen molar-refractivity contribution in [1.82, 2.24) is 9.88 Å². The largest absolute Gasteiger partial charge is 0.396 e. The van der Waals surface area contributed by atoms with E-state index in [4.69, 9.17) is 11.5 Å². The van der Waals surface area contributed by atoms with Gasteiger partial charge in [0.1, 0.15) is 5.69 Å². The molecule has 0 aromatic carbocycles. The number of nitrogens with two attached hydrogens (primary N) is 2. The summed E-state index contributed by atoms with van der Waals surface area (Å²) in [7, 11) is 0. The summed E-state index contributed by atoms with van der Waals surface area (Å²) in [5.41, 5.74) is 12.1. The molecular weight excluding hydrogens is 254 g/mol. The van der Waals surface area contributed by atoms with Gasteiger partial charge in [0, 0.05) is 32.2 Å². The number of anilines is 2. The zero-order chi connectivity index (χ0) is 14.7. The van der Waals surface area contributed by atoms with Crippen LogP contribution >= 0.6 is 0 Å². The Labute approximate surface area is 119 Å². The number of primary amides is 1. The first-order chi connectivity index (χ1) is 9.52. The lowest BCUT2D eigenvalue weighted by molar-refractivity contribution is 0.0995. The minimum atomic E-state index is -0.524. The Bertz CT molecular complexity index is 482. The molecule has 0 saturated carbocycles. The zero-order valence-corrected chi connectivity index (χ0v) is 12.2. The second-order valence-corrected chi connectivity index (χ2v) is 5.25. The molecule has 6 heteroatoms. The minimum absolute atomic E-state index is 0.263. The predicted octanol–water partition coefficient (Wildman–Crippen LogP) is 0.683. The van der Waals surface area contributed by atoms with Gasteiger partial charge in [0.15, 0.2) is 5.82 Å². The van der Waals surface area contributed by atoms with Gasteiger partial charge in [-0.1, -0.05) is 6.92 Å². The summed E-state index contributed by atoms with van der Waals surface area (Å²) >= 11 is 0. The fourth-order valence-electron chi connectivity index (χ4n) is 2.48. The van der Waals surface area contributed by atoms with Crippen molar-refractivity contribution in [2.75, 3.05) is 36.8 Å². The van der Waals surface area contributed by atoms with E-state index in [2.05, 4.69) is 28.6 Å². The molecule has 6 nitrogen and oxygen atoms in total. The molecule has 1 aliphatic rings. The van der Waals surface area contributed by atoms with Gasteiger partial charge >= 0.3 is 0 Å². The maximum atomic E-state index is 11.2. The van der Waals surface area contributed by atoms with Crippen LogP contribution in [0, 0.1) is 0 Å². The van der Waals surface area contributed by atoms with Crippen LogP contribution in [0.4, 0.5) is 11.5 Å². The molecule has 1 saturated heterocycles. The number of hydrogen-bond donors (Lipinski definition) is 2. The van der Waals surface area contributed by atoms with E-state index >= 15 is 0 Å². The fraction of sp³-hybridized carbons (Fsp3) is 0.571. The molecule has 2 rings (SSSR count). The van der Waals surface area contributed by atoms with E-state index in [9.17, 15) is 4.79 Å². The summed E-state index contributed by atoms with van der Waals surface area (Å²) in [6.45, 7) is 8.14. The average Bonchev–Trinajstić information content (AvgIpc) is 2.47. The first kappa shape index (κ1) is 14.6. The number of rotatable bonds is 4. The summed E-state index contributed by atoms with van der Waals surface area (Å²) in [5.74, 6) is 0.148. The predicted molar refractivity (Wildman–Crippen MR) is 80.7 cm³/mol. The highest BCUT2D eigenvalue weighted by molar-refractivity contribution is 5.91. The van der Waals surface area contributed by atoms with Gasteiger partial charge in [0.05, 0.1) is 5.69 Å². The molecule has 1 amide bonds. The number of amides is 1. The second-order valence-electron chi connectivity index (χ2n) is 5.25. The van der Waals surface area contributed by atoms with Crippen LogP contribution in [-0.2, 0) is 0 Å². The number of pyridine rings is 1. The van der Waals surface area contributed by atoms with Crippen molar-refractivity contribution in [2.24, 2.45) is 5.73 Å². The van der Waals surface area contributed by atoms with Gasteiger partial charge in [0.2, 0.25) is 0 Å². The highest BCUT2D eigenvalue weighted by atomic mass is 16.1. The lowest BCUT2D eigenvalue weighted by Gasteiger charge is -2.38. The van der Waals surface area contributed by atoms with Gasteiger partial charge in [-0.25, -0.2) is 4.98 Å². The Morgan fingerprint density at radius 2 is 2.00 bits per heavy atom. The SMILES string of the molecule is CCC(C)N1CCN(c2nc(C(N)=O)ccc2N)CC1. The van der Waals surface area contributed by atoms with Crippen LogP contribution in [0.25, 0.3) is 0 Å². The van der Waals surface area contributed by atoms with Crippen molar-refractivity contribution in [1.29, 1.82) is 0 Å². The Morgan fingerprint density at radius 1 is 1.35 bits per heavy atom. The minimum Gasteiger partial charge on any atom is -0.396 e. The highest BCUT2D eigenvalue weighted by Crippen LogP contribution is 2.22. The van der Waals surface area contributed by atoms with Crippen LogP contribution < -0.4 is 16.4 Å². The van der Waals surface area contributed by atoms with Crippen LogP contribution in [0.5, 0.6) is 0 Å². The van der Waals surface area contributed by atoms with Crippen LogP contribution in [0.2, 0.25) is 0 Å².